The van der Waals surface area contributed by atoms with Crippen molar-refractivity contribution in [3.05, 3.63) is 66.9 Å². The summed E-state index contributed by atoms with van der Waals surface area (Å²) in [6, 6.07) is 19.9. The van der Waals surface area contributed by atoms with Crippen LogP contribution in [0.2, 0.25) is 0 Å². The van der Waals surface area contributed by atoms with Gasteiger partial charge in [-0.3, -0.25) is 9.36 Å². The lowest BCUT2D eigenvalue weighted by atomic mass is 10.1. The zero-order chi connectivity index (χ0) is 26.3. The lowest BCUT2D eigenvalue weighted by molar-refractivity contribution is -0.133. The molecule has 2 aromatic carbocycles. The first-order valence-corrected chi connectivity index (χ1v) is 13.5. The maximum absolute atomic E-state index is 12.6. The molecule has 1 saturated heterocycles. The number of methoxy groups -OCH3 is 1. The third-order valence-electron chi connectivity index (χ3n) is 7.55. The zero-order valence-electron chi connectivity index (χ0n) is 21.7. The molecule has 4 heterocycles. The second-order valence-electron chi connectivity index (χ2n) is 10.3. The topological polar surface area (TPSA) is 98.1 Å². The first-order valence-electron chi connectivity index (χ1n) is 13.5. The maximum atomic E-state index is 12.6. The van der Waals surface area contributed by atoms with Gasteiger partial charge in [-0.15, -0.1) is 0 Å². The Labute approximate surface area is 225 Å². The molecular weight excluding hydrogens is 490 g/mol. The molecule has 1 aliphatic heterocycles. The van der Waals surface area contributed by atoms with E-state index < -0.39 is 0 Å². The number of aromatic nitrogens is 5. The molecule has 39 heavy (non-hydrogen) atoms. The summed E-state index contributed by atoms with van der Waals surface area (Å²) in [6.45, 7) is 1.51. The molecule has 0 unspecified atom stereocenters. The fourth-order valence-corrected chi connectivity index (χ4v) is 5.39. The van der Waals surface area contributed by atoms with Crippen LogP contribution in [0.3, 0.4) is 0 Å². The van der Waals surface area contributed by atoms with Crippen LogP contribution >= 0.6 is 0 Å². The van der Waals surface area contributed by atoms with Crippen molar-refractivity contribution in [3.63, 3.8) is 0 Å². The third kappa shape index (κ3) is 4.54. The number of fused-ring (bicyclic) bond motifs is 2. The highest BCUT2D eigenvalue weighted by atomic mass is 16.5. The molecule has 196 valence electrons. The van der Waals surface area contributed by atoms with E-state index in [-0.39, 0.29) is 12.0 Å². The van der Waals surface area contributed by atoms with Gasteiger partial charge < -0.3 is 15.0 Å². The average molecular weight is 520 g/mol. The van der Waals surface area contributed by atoms with Gasteiger partial charge in [0.25, 0.3) is 0 Å². The molecule has 1 saturated carbocycles. The Morgan fingerprint density at radius 2 is 1.87 bits per heavy atom. The first-order chi connectivity index (χ1) is 19.2. The second kappa shape index (κ2) is 9.65. The smallest absolute Gasteiger partial charge is 0.225 e. The van der Waals surface area contributed by atoms with Gasteiger partial charge in [0.2, 0.25) is 11.9 Å². The molecule has 1 N–H and O–H groups in total. The number of carbonyl (C=O) groups excluding carboxylic acids is 1. The molecular formula is C30H29N7O2. The Balaban J connectivity index is 1.27. The number of amides is 1. The van der Waals surface area contributed by atoms with E-state index in [1.54, 1.807) is 13.3 Å². The van der Waals surface area contributed by atoms with E-state index >= 15 is 0 Å². The SMILES string of the molecule is COc1ccc2nc(-c3ccc4ccccc4n3)n(-c3ccnc(N[C@H]4CCCN(C(=O)C5CC5)C4)n3)c2c1. The average Bonchev–Trinajstić information content (AvgIpc) is 3.76. The Kier molecular flexibility index (Phi) is 5.83. The molecule has 9 nitrogen and oxygen atoms in total. The number of likely N-dealkylation sites (tertiary alicyclic amines) is 1. The van der Waals surface area contributed by atoms with Crippen molar-refractivity contribution in [2.75, 3.05) is 25.5 Å². The maximum Gasteiger partial charge on any atom is 0.225 e. The standard InChI is InChI=1S/C30H29N7O2/c1-39-22-11-13-24-26(17-22)37(28(34-24)25-12-10-19-5-2-3-7-23(19)33-25)27-14-15-31-30(35-27)32-21-6-4-16-36(18-21)29(38)20-8-9-20/h2-3,5,7,10-15,17,20-21H,4,6,8-9,16,18H2,1H3,(H,31,32,35)/t21-/m0/s1. The van der Waals surface area contributed by atoms with Gasteiger partial charge in [-0.05, 0) is 56.0 Å². The van der Waals surface area contributed by atoms with Crippen LogP contribution in [-0.4, -0.2) is 61.6 Å². The van der Waals surface area contributed by atoms with Crippen molar-refractivity contribution in [1.29, 1.82) is 0 Å². The number of benzene rings is 2. The normalized spacial score (nSPS) is 17.5. The molecule has 2 fully saturated rings. The minimum atomic E-state index is 0.109. The number of hydrogen-bond acceptors (Lipinski definition) is 7. The van der Waals surface area contributed by atoms with E-state index in [9.17, 15) is 4.79 Å². The second-order valence-corrected chi connectivity index (χ2v) is 10.3. The van der Waals surface area contributed by atoms with E-state index in [4.69, 9.17) is 19.7 Å². The number of pyridine rings is 1. The number of imidazole rings is 1. The van der Waals surface area contributed by atoms with Crippen molar-refractivity contribution in [2.45, 2.75) is 31.7 Å². The summed E-state index contributed by atoms with van der Waals surface area (Å²) in [5.41, 5.74) is 3.33. The summed E-state index contributed by atoms with van der Waals surface area (Å²) in [6.07, 6.45) is 5.75. The zero-order valence-corrected chi connectivity index (χ0v) is 21.7. The van der Waals surface area contributed by atoms with E-state index in [1.807, 2.05) is 64.1 Å². The first kappa shape index (κ1) is 23.6. The van der Waals surface area contributed by atoms with Crippen LogP contribution in [0.1, 0.15) is 25.7 Å². The van der Waals surface area contributed by atoms with Gasteiger partial charge in [0.05, 0.1) is 23.7 Å². The van der Waals surface area contributed by atoms with Crippen LogP contribution in [0, 0.1) is 5.92 Å². The van der Waals surface area contributed by atoms with Crippen molar-refractivity contribution in [2.24, 2.45) is 5.92 Å². The third-order valence-corrected chi connectivity index (χ3v) is 7.55. The quantitative estimate of drug-likeness (QED) is 0.342. The van der Waals surface area contributed by atoms with Gasteiger partial charge in [0.15, 0.2) is 5.82 Å². The molecule has 3 aromatic heterocycles. The number of nitrogens with zero attached hydrogens (tertiary/aromatic N) is 6. The molecule has 0 bridgehead atoms. The van der Waals surface area contributed by atoms with Crippen molar-refractivity contribution in [1.82, 2.24) is 29.4 Å². The minimum absolute atomic E-state index is 0.109. The fourth-order valence-electron chi connectivity index (χ4n) is 5.39. The summed E-state index contributed by atoms with van der Waals surface area (Å²) >= 11 is 0. The lowest BCUT2D eigenvalue weighted by Crippen LogP contribution is -2.45. The number of ether oxygens (including phenoxy) is 1. The predicted molar refractivity (Wildman–Crippen MR) is 150 cm³/mol. The van der Waals surface area contributed by atoms with Crippen molar-refractivity contribution >= 4 is 33.8 Å². The predicted octanol–water partition coefficient (Wildman–Crippen LogP) is 4.85. The number of hydrogen-bond donors (Lipinski definition) is 1. The van der Waals surface area contributed by atoms with E-state index in [0.29, 0.717) is 30.0 Å². The molecule has 9 heteroatoms. The van der Waals surface area contributed by atoms with Crippen molar-refractivity contribution in [3.8, 4) is 23.1 Å². The van der Waals surface area contributed by atoms with Gasteiger partial charge in [0.1, 0.15) is 17.3 Å². The van der Waals surface area contributed by atoms with Crippen LogP contribution in [-0.2, 0) is 4.79 Å². The van der Waals surface area contributed by atoms with E-state index in [1.165, 1.54) is 0 Å². The van der Waals surface area contributed by atoms with Gasteiger partial charge in [-0.2, -0.15) is 4.98 Å². The number of rotatable bonds is 6. The summed E-state index contributed by atoms with van der Waals surface area (Å²) in [7, 11) is 1.65. The summed E-state index contributed by atoms with van der Waals surface area (Å²) < 4.78 is 7.53. The largest absolute Gasteiger partial charge is 0.497 e. The highest BCUT2D eigenvalue weighted by Gasteiger charge is 2.35. The monoisotopic (exact) mass is 519 g/mol. The Hall–Kier alpha value is -4.53. The van der Waals surface area contributed by atoms with Gasteiger partial charge >= 0.3 is 0 Å². The summed E-state index contributed by atoms with van der Waals surface area (Å²) in [5.74, 6) is 3.15. The van der Waals surface area contributed by atoms with Crippen LogP contribution in [0.25, 0.3) is 39.3 Å². The molecule has 0 radical (unpaired) electrons. The highest BCUT2D eigenvalue weighted by Crippen LogP contribution is 2.33. The van der Waals surface area contributed by atoms with Crippen LogP contribution < -0.4 is 10.1 Å². The molecule has 2 aliphatic rings. The Morgan fingerprint density at radius 1 is 0.974 bits per heavy atom. The highest BCUT2D eigenvalue weighted by molar-refractivity contribution is 5.86. The summed E-state index contributed by atoms with van der Waals surface area (Å²) in [5, 5.41) is 4.56. The molecule has 1 amide bonds. The van der Waals surface area contributed by atoms with Gasteiger partial charge in [0, 0.05) is 42.7 Å². The number of piperidine rings is 1. The van der Waals surface area contributed by atoms with Gasteiger partial charge in [-0.25, -0.2) is 15.0 Å². The molecule has 7 rings (SSSR count). The Morgan fingerprint density at radius 3 is 2.74 bits per heavy atom. The number of para-hydroxylation sites is 1. The van der Waals surface area contributed by atoms with E-state index in [2.05, 4.69) is 16.4 Å². The molecule has 1 atom stereocenters. The van der Waals surface area contributed by atoms with Crippen molar-refractivity contribution < 1.29 is 9.53 Å². The van der Waals surface area contributed by atoms with E-state index in [0.717, 1.165) is 65.6 Å². The van der Waals surface area contributed by atoms with Crippen LogP contribution in [0.5, 0.6) is 5.75 Å². The molecule has 1 aliphatic carbocycles. The Bertz CT molecular complexity index is 1690. The fraction of sp³-hybridized carbons (Fsp3) is 0.300. The summed E-state index contributed by atoms with van der Waals surface area (Å²) in [4.78, 5) is 33.9. The number of carbonyl (C=O) groups is 1. The van der Waals surface area contributed by atoms with Crippen LogP contribution in [0.4, 0.5) is 5.95 Å². The molecule has 5 aromatic rings. The van der Waals surface area contributed by atoms with Crippen LogP contribution in [0.15, 0.2) is 66.9 Å². The van der Waals surface area contributed by atoms with Gasteiger partial charge in [-0.1, -0.05) is 24.3 Å². The minimum Gasteiger partial charge on any atom is -0.497 e. The molecule has 0 spiro atoms. The number of nitrogens with one attached hydrogen (secondary N) is 1. The lowest BCUT2D eigenvalue weighted by Gasteiger charge is -2.33. The number of anilines is 1.